The van der Waals surface area contributed by atoms with Gasteiger partial charge in [-0.3, -0.25) is 0 Å². The zero-order valence-electron chi connectivity index (χ0n) is 10.5. The van der Waals surface area contributed by atoms with Gasteiger partial charge in [0, 0.05) is 17.5 Å². The van der Waals surface area contributed by atoms with Crippen LogP contribution in [0.3, 0.4) is 0 Å². The fourth-order valence-corrected chi connectivity index (χ4v) is 3.49. The van der Waals surface area contributed by atoms with Gasteiger partial charge in [-0.25, -0.2) is 0 Å². The van der Waals surface area contributed by atoms with Gasteiger partial charge >= 0.3 is 0 Å². The Morgan fingerprint density at radius 2 is 2.00 bits per heavy atom. The SMILES string of the molecule is CCC1(NC2CCC(C#N)C2)CCCCC1. The van der Waals surface area contributed by atoms with Crippen LogP contribution < -0.4 is 5.32 Å². The third kappa shape index (κ3) is 2.58. The molecule has 2 unspecified atom stereocenters. The Labute approximate surface area is 99.4 Å². The van der Waals surface area contributed by atoms with Gasteiger partial charge in [-0.05, 0) is 38.5 Å². The summed E-state index contributed by atoms with van der Waals surface area (Å²) >= 11 is 0. The van der Waals surface area contributed by atoms with Crippen molar-refractivity contribution in [1.82, 2.24) is 5.32 Å². The second-order valence-corrected chi connectivity index (χ2v) is 5.67. The normalized spacial score (nSPS) is 33.5. The number of rotatable bonds is 3. The summed E-state index contributed by atoms with van der Waals surface area (Å²) in [6.45, 7) is 2.31. The van der Waals surface area contributed by atoms with Crippen LogP contribution in [0.1, 0.15) is 64.7 Å². The average molecular weight is 220 g/mol. The zero-order valence-corrected chi connectivity index (χ0v) is 10.5. The molecule has 0 aromatic heterocycles. The summed E-state index contributed by atoms with van der Waals surface area (Å²) in [5, 5.41) is 12.8. The molecule has 0 spiro atoms. The van der Waals surface area contributed by atoms with Crippen LogP contribution in [0, 0.1) is 17.2 Å². The van der Waals surface area contributed by atoms with E-state index in [1.165, 1.54) is 44.9 Å². The molecule has 0 aromatic rings. The maximum Gasteiger partial charge on any atom is 0.0656 e. The molecule has 0 heterocycles. The topological polar surface area (TPSA) is 35.8 Å². The summed E-state index contributed by atoms with van der Waals surface area (Å²) in [6, 6.07) is 3.04. The second-order valence-electron chi connectivity index (χ2n) is 5.67. The van der Waals surface area contributed by atoms with Gasteiger partial charge in [0.25, 0.3) is 0 Å². The molecule has 2 atom stereocenters. The predicted octanol–water partition coefficient (Wildman–Crippen LogP) is 3.38. The maximum atomic E-state index is 8.93. The van der Waals surface area contributed by atoms with Crippen LogP contribution in [0.15, 0.2) is 0 Å². The van der Waals surface area contributed by atoms with E-state index in [0.29, 0.717) is 17.5 Å². The highest BCUT2D eigenvalue weighted by Crippen LogP contribution is 2.34. The molecule has 0 aliphatic heterocycles. The minimum Gasteiger partial charge on any atom is -0.308 e. The molecular formula is C14H24N2. The second kappa shape index (κ2) is 5.19. The summed E-state index contributed by atoms with van der Waals surface area (Å²) < 4.78 is 0. The lowest BCUT2D eigenvalue weighted by atomic mass is 9.79. The van der Waals surface area contributed by atoms with Crippen LogP contribution in [0.4, 0.5) is 0 Å². The summed E-state index contributed by atoms with van der Waals surface area (Å²) in [4.78, 5) is 0. The van der Waals surface area contributed by atoms with Crippen molar-refractivity contribution in [3.05, 3.63) is 0 Å². The van der Waals surface area contributed by atoms with E-state index < -0.39 is 0 Å². The Morgan fingerprint density at radius 1 is 1.25 bits per heavy atom. The van der Waals surface area contributed by atoms with Gasteiger partial charge in [0.15, 0.2) is 0 Å². The molecule has 1 N–H and O–H groups in total. The zero-order chi connectivity index (χ0) is 11.4. The van der Waals surface area contributed by atoms with E-state index in [1.807, 2.05) is 0 Å². The summed E-state index contributed by atoms with van der Waals surface area (Å²) in [6.07, 6.45) is 11.5. The highest BCUT2D eigenvalue weighted by molar-refractivity contribution is 4.98. The Balaban J connectivity index is 1.89. The fraction of sp³-hybridized carbons (Fsp3) is 0.929. The molecule has 2 nitrogen and oxygen atoms in total. The molecule has 16 heavy (non-hydrogen) atoms. The Hall–Kier alpha value is -0.550. The first-order chi connectivity index (χ1) is 7.78. The minimum absolute atomic E-state index is 0.315. The lowest BCUT2D eigenvalue weighted by Gasteiger charge is -2.40. The van der Waals surface area contributed by atoms with E-state index in [1.54, 1.807) is 0 Å². The quantitative estimate of drug-likeness (QED) is 0.791. The van der Waals surface area contributed by atoms with Crippen molar-refractivity contribution in [3.63, 3.8) is 0 Å². The number of nitrogens with one attached hydrogen (secondary N) is 1. The maximum absolute atomic E-state index is 8.93. The van der Waals surface area contributed by atoms with E-state index in [9.17, 15) is 0 Å². The molecule has 2 heteroatoms. The third-order valence-corrected chi connectivity index (χ3v) is 4.61. The molecule has 2 rings (SSSR count). The Morgan fingerprint density at radius 3 is 2.56 bits per heavy atom. The number of hydrogen-bond acceptors (Lipinski definition) is 2. The van der Waals surface area contributed by atoms with Crippen LogP contribution in [0.5, 0.6) is 0 Å². The van der Waals surface area contributed by atoms with Crippen molar-refractivity contribution in [2.45, 2.75) is 76.3 Å². The molecule has 0 saturated heterocycles. The van der Waals surface area contributed by atoms with Gasteiger partial charge in [0.2, 0.25) is 0 Å². The van der Waals surface area contributed by atoms with Gasteiger partial charge in [-0.2, -0.15) is 5.26 Å². The molecule has 2 aliphatic rings. The largest absolute Gasteiger partial charge is 0.308 e. The van der Waals surface area contributed by atoms with Crippen molar-refractivity contribution < 1.29 is 0 Å². The van der Waals surface area contributed by atoms with E-state index >= 15 is 0 Å². The van der Waals surface area contributed by atoms with Crippen molar-refractivity contribution >= 4 is 0 Å². The fourth-order valence-electron chi connectivity index (χ4n) is 3.49. The van der Waals surface area contributed by atoms with E-state index in [-0.39, 0.29) is 0 Å². The molecule has 0 radical (unpaired) electrons. The van der Waals surface area contributed by atoms with Crippen molar-refractivity contribution in [2.75, 3.05) is 0 Å². The first-order valence-corrected chi connectivity index (χ1v) is 6.95. The highest BCUT2D eigenvalue weighted by Gasteiger charge is 2.34. The first-order valence-electron chi connectivity index (χ1n) is 6.95. The lowest BCUT2D eigenvalue weighted by molar-refractivity contribution is 0.199. The lowest BCUT2D eigenvalue weighted by Crippen LogP contribution is -2.50. The predicted molar refractivity (Wildman–Crippen MR) is 66.0 cm³/mol. The summed E-state index contributed by atoms with van der Waals surface area (Å²) in [5.74, 6) is 0.315. The van der Waals surface area contributed by atoms with Crippen molar-refractivity contribution in [3.8, 4) is 6.07 Å². The number of hydrogen-bond donors (Lipinski definition) is 1. The van der Waals surface area contributed by atoms with Gasteiger partial charge in [0.05, 0.1) is 6.07 Å². The Bertz CT molecular complexity index is 260. The van der Waals surface area contributed by atoms with Crippen LogP contribution in [-0.2, 0) is 0 Å². The van der Waals surface area contributed by atoms with Crippen LogP contribution in [0.25, 0.3) is 0 Å². The minimum atomic E-state index is 0.315. The number of nitrogens with zero attached hydrogens (tertiary/aromatic N) is 1. The van der Waals surface area contributed by atoms with Gasteiger partial charge in [0.1, 0.15) is 0 Å². The molecular weight excluding hydrogens is 196 g/mol. The first kappa shape index (κ1) is 11.9. The number of nitriles is 1. The van der Waals surface area contributed by atoms with Crippen LogP contribution in [0.2, 0.25) is 0 Å². The standard InChI is InChI=1S/C14H24N2/c1-2-14(8-4-3-5-9-14)16-13-7-6-12(10-13)11-15/h12-13,16H,2-10H2,1H3. The molecule has 0 aromatic carbocycles. The molecule has 90 valence electrons. The van der Waals surface area contributed by atoms with E-state index in [0.717, 1.165) is 12.8 Å². The van der Waals surface area contributed by atoms with Crippen molar-refractivity contribution in [2.24, 2.45) is 5.92 Å². The molecule has 0 bridgehead atoms. The highest BCUT2D eigenvalue weighted by atomic mass is 15.0. The summed E-state index contributed by atoms with van der Waals surface area (Å²) in [7, 11) is 0. The molecule has 2 fully saturated rings. The monoisotopic (exact) mass is 220 g/mol. The molecule has 0 amide bonds. The molecule has 2 saturated carbocycles. The van der Waals surface area contributed by atoms with E-state index in [4.69, 9.17) is 5.26 Å². The Kier molecular flexibility index (Phi) is 3.86. The van der Waals surface area contributed by atoms with Gasteiger partial charge in [-0.1, -0.05) is 26.2 Å². The van der Waals surface area contributed by atoms with Crippen molar-refractivity contribution in [1.29, 1.82) is 5.26 Å². The van der Waals surface area contributed by atoms with E-state index in [2.05, 4.69) is 18.3 Å². The van der Waals surface area contributed by atoms with Gasteiger partial charge < -0.3 is 5.32 Å². The molecule has 2 aliphatic carbocycles. The average Bonchev–Trinajstić information content (AvgIpc) is 2.78. The third-order valence-electron chi connectivity index (χ3n) is 4.61. The van der Waals surface area contributed by atoms with Gasteiger partial charge in [-0.15, -0.1) is 0 Å². The van der Waals surface area contributed by atoms with Crippen LogP contribution >= 0.6 is 0 Å². The summed E-state index contributed by atoms with van der Waals surface area (Å²) in [5.41, 5.74) is 0.410. The van der Waals surface area contributed by atoms with Crippen LogP contribution in [-0.4, -0.2) is 11.6 Å². The smallest absolute Gasteiger partial charge is 0.0656 e.